The van der Waals surface area contributed by atoms with E-state index in [4.69, 9.17) is 47.3 Å². The zero-order valence-corrected chi connectivity index (χ0v) is 34.0. The Bertz CT molecular complexity index is 2220. The second-order valence-corrected chi connectivity index (χ2v) is 17.4. The number of hydrogen-bond acceptors (Lipinski definition) is 19. The first-order valence-corrected chi connectivity index (χ1v) is 20.9. The van der Waals surface area contributed by atoms with E-state index in [2.05, 4.69) is 20.0 Å². The van der Waals surface area contributed by atoms with Crippen LogP contribution in [0.1, 0.15) is 60.9 Å². The molecule has 0 spiro atoms. The number of hydrogen-bond donors (Lipinski definition) is 4. The molecule has 322 valence electrons. The minimum absolute atomic E-state index is 0.0628. The first-order chi connectivity index (χ1) is 27.1. The van der Waals surface area contributed by atoms with Gasteiger partial charge in [-0.15, -0.1) is 0 Å². The van der Waals surface area contributed by atoms with E-state index in [0.29, 0.717) is 4.57 Å². The molecule has 12 atom stereocenters. The highest BCUT2D eigenvalue weighted by Crippen LogP contribution is 2.61. The van der Waals surface area contributed by atoms with Crippen molar-refractivity contribution in [2.75, 3.05) is 25.6 Å². The van der Waals surface area contributed by atoms with Gasteiger partial charge in [-0.3, -0.25) is 46.3 Å². The standard InChI is InChI=1S/C31H44F2N8O15P2/c1-8-48-24-20-23(37-28(34)38-24)41(13-35-20)27-31(7,33)22-18(53-27)12-50-58(47,56-22)55-16(5)54-57(46,39-15(4)25(44)51-14(2)3)49-11-17-21(43)30(6,32)26(52-17)40-10-9-19(42)36-29(40)45/h9-10,13-18,21-22,26-27,43H,8,11-12H2,1-7H3,(H,39,46)(H2,34,37,38)(H,36,42,45). The Morgan fingerprint density at radius 3 is 2.55 bits per heavy atom. The normalized spacial score (nSPS) is 33.2. The van der Waals surface area contributed by atoms with Crippen LogP contribution in [-0.4, -0.2) is 114 Å². The molecule has 0 aliphatic carbocycles. The second-order valence-electron chi connectivity index (χ2n) is 14.1. The SMILES string of the molecule is CCOc1nc(N)nc2c1ncn2C1OC2COP(=O)(OC(C)OP(=O)(NC(C)C(=O)OC(C)C)OCC3OC(n4ccc(=O)[nH]c4=O)C(C)(F)C3O)OC2C1(C)F. The third kappa shape index (κ3) is 8.75. The number of nitrogens with one attached hydrogen (secondary N) is 2. The minimum atomic E-state index is -4.86. The first kappa shape index (κ1) is 43.8. The average molecular weight is 869 g/mol. The number of esters is 1. The smallest absolute Gasteiger partial charge is 0.476 e. The lowest BCUT2D eigenvalue weighted by Gasteiger charge is -2.35. The van der Waals surface area contributed by atoms with Crippen molar-refractivity contribution in [3.8, 4) is 5.88 Å². The molecular formula is C31H44F2N8O15P2. The van der Waals surface area contributed by atoms with E-state index in [0.717, 1.165) is 33.0 Å². The van der Waals surface area contributed by atoms with Gasteiger partial charge in [0.25, 0.3) is 5.56 Å². The number of carbonyl (C=O) groups excluding carboxylic acids is 1. The molecule has 58 heavy (non-hydrogen) atoms. The van der Waals surface area contributed by atoms with E-state index in [1.165, 1.54) is 17.8 Å². The Morgan fingerprint density at radius 1 is 1.17 bits per heavy atom. The Hall–Kier alpha value is -3.74. The summed E-state index contributed by atoms with van der Waals surface area (Å²) in [6, 6.07) is -0.456. The van der Waals surface area contributed by atoms with Gasteiger partial charge >= 0.3 is 27.2 Å². The summed E-state index contributed by atoms with van der Waals surface area (Å²) >= 11 is 0. The van der Waals surface area contributed by atoms with Crippen LogP contribution in [0.2, 0.25) is 0 Å². The fourth-order valence-electron chi connectivity index (χ4n) is 6.47. The van der Waals surface area contributed by atoms with E-state index in [9.17, 15) is 28.6 Å². The number of phosphoric acid groups is 1. The number of H-pyrrole nitrogens is 1. The van der Waals surface area contributed by atoms with Crippen LogP contribution in [0.3, 0.4) is 0 Å². The number of nitrogens with zero attached hydrogens (tertiary/aromatic N) is 5. The molecule has 0 radical (unpaired) electrons. The number of phosphoric ester groups is 1. The van der Waals surface area contributed by atoms with Crippen LogP contribution >= 0.6 is 15.6 Å². The number of halogens is 2. The lowest BCUT2D eigenvalue weighted by atomic mass is 9.98. The van der Waals surface area contributed by atoms with Gasteiger partial charge in [0, 0.05) is 12.3 Å². The molecule has 6 heterocycles. The molecule has 0 bridgehead atoms. The quantitative estimate of drug-likeness (QED) is 0.0964. The van der Waals surface area contributed by atoms with Crippen LogP contribution in [0.25, 0.3) is 11.2 Å². The number of anilines is 1. The lowest BCUT2D eigenvalue weighted by molar-refractivity contribution is -0.149. The summed E-state index contributed by atoms with van der Waals surface area (Å²) in [5.74, 6) is -1.01. The van der Waals surface area contributed by atoms with Crippen molar-refractivity contribution in [3.05, 3.63) is 39.4 Å². The van der Waals surface area contributed by atoms with Crippen LogP contribution < -0.4 is 26.8 Å². The number of aliphatic hydroxyl groups excluding tert-OH is 1. The number of nitrogens with two attached hydrogens (primary N) is 1. The number of aliphatic hydroxyl groups is 1. The van der Waals surface area contributed by atoms with E-state index in [1.54, 1.807) is 20.8 Å². The van der Waals surface area contributed by atoms with Gasteiger partial charge in [-0.2, -0.15) is 9.97 Å². The van der Waals surface area contributed by atoms with Crippen LogP contribution in [0, 0.1) is 0 Å². The van der Waals surface area contributed by atoms with Crippen molar-refractivity contribution >= 4 is 38.7 Å². The van der Waals surface area contributed by atoms with Crippen LogP contribution in [0.4, 0.5) is 14.7 Å². The highest BCUT2D eigenvalue weighted by Gasteiger charge is 2.62. The summed E-state index contributed by atoms with van der Waals surface area (Å²) in [6.45, 7) is 8.09. The molecule has 0 aromatic carbocycles. The highest BCUT2D eigenvalue weighted by molar-refractivity contribution is 7.51. The molecule has 0 saturated carbocycles. The molecule has 3 saturated heterocycles. The third-order valence-corrected chi connectivity index (χ3v) is 12.4. The number of aromatic nitrogens is 6. The third-order valence-electron chi connectivity index (χ3n) is 9.11. The number of nitrogen functional groups attached to an aromatic ring is 1. The van der Waals surface area contributed by atoms with Crippen LogP contribution in [0.5, 0.6) is 5.88 Å². The van der Waals surface area contributed by atoms with Crippen molar-refractivity contribution in [2.45, 2.75) is 115 Å². The predicted molar refractivity (Wildman–Crippen MR) is 193 cm³/mol. The number of carbonyl (C=O) groups is 1. The molecule has 23 nitrogen and oxygen atoms in total. The van der Waals surface area contributed by atoms with E-state index < -0.39 is 113 Å². The molecule has 3 aliphatic rings. The number of alkyl halides is 2. The van der Waals surface area contributed by atoms with Gasteiger partial charge in [0.05, 0.1) is 32.3 Å². The Morgan fingerprint density at radius 2 is 1.88 bits per heavy atom. The summed E-state index contributed by atoms with van der Waals surface area (Å²) in [4.78, 5) is 51.0. The van der Waals surface area contributed by atoms with Gasteiger partial charge in [-0.05, 0) is 48.5 Å². The molecule has 27 heteroatoms. The molecule has 12 unspecified atom stereocenters. The van der Waals surface area contributed by atoms with Crippen molar-refractivity contribution in [1.29, 1.82) is 0 Å². The van der Waals surface area contributed by atoms with Gasteiger partial charge in [0.15, 0.2) is 41.2 Å². The lowest BCUT2D eigenvalue weighted by Crippen LogP contribution is -2.45. The zero-order chi connectivity index (χ0) is 42.5. The minimum Gasteiger partial charge on any atom is -0.476 e. The van der Waals surface area contributed by atoms with Gasteiger partial charge in [-0.1, -0.05) is 0 Å². The summed E-state index contributed by atoms with van der Waals surface area (Å²) < 4.78 is 112. The molecule has 3 aromatic heterocycles. The fourth-order valence-corrected chi connectivity index (χ4v) is 9.62. The predicted octanol–water partition coefficient (Wildman–Crippen LogP) is 1.93. The first-order valence-electron chi connectivity index (χ1n) is 17.9. The average Bonchev–Trinajstić information content (AvgIpc) is 3.71. The van der Waals surface area contributed by atoms with Crippen LogP contribution in [-0.2, 0) is 50.8 Å². The van der Waals surface area contributed by atoms with Crippen LogP contribution in [0.15, 0.2) is 28.2 Å². The molecule has 3 fully saturated rings. The Balaban J connectivity index is 1.18. The maximum atomic E-state index is 16.7. The number of fused-ring (bicyclic) bond motifs is 2. The maximum absolute atomic E-state index is 16.7. The molecule has 0 amide bonds. The molecule has 3 aromatic rings. The number of aromatic amines is 1. The van der Waals surface area contributed by atoms with Gasteiger partial charge in [0.1, 0.15) is 30.5 Å². The zero-order valence-electron chi connectivity index (χ0n) is 32.2. The number of rotatable bonds is 15. The topological polar surface area (TPSA) is 291 Å². The van der Waals surface area contributed by atoms with E-state index >= 15 is 8.78 Å². The summed E-state index contributed by atoms with van der Waals surface area (Å²) in [5, 5.41) is 13.2. The largest absolute Gasteiger partial charge is 0.477 e. The Kier molecular flexibility index (Phi) is 12.4. The number of ether oxygens (including phenoxy) is 4. The summed E-state index contributed by atoms with van der Waals surface area (Å²) in [7, 11) is -9.64. The van der Waals surface area contributed by atoms with Gasteiger partial charge in [-0.25, -0.2) is 32.8 Å². The van der Waals surface area contributed by atoms with Gasteiger partial charge < -0.3 is 29.8 Å². The van der Waals surface area contributed by atoms with E-state index in [-0.39, 0.29) is 29.6 Å². The number of imidazole rings is 1. The van der Waals surface area contributed by atoms with Crippen molar-refractivity contribution in [2.24, 2.45) is 0 Å². The van der Waals surface area contributed by atoms with E-state index in [1.807, 2.05) is 4.98 Å². The maximum Gasteiger partial charge on any atom is 0.477 e. The van der Waals surface area contributed by atoms with Crippen molar-refractivity contribution in [3.63, 3.8) is 0 Å². The summed E-state index contributed by atoms with van der Waals surface area (Å²) in [5.41, 5.74) is -0.803. The monoisotopic (exact) mass is 868 g/mol. The Labute approximate surface area is 327 Å². The molecule has 5 N–H and O–H groups in total. The fraction of sp³-hybridized carbons (Fsp3) is 0.677. The highest BCUT2D eigenvalue weighted by atomic mass is 31.2. The van der Waals surface area contributed by atoms with Crippen molar-refractivity contribution in [1.82, 2.24) is 34.2 Å². The molecular weight excluding hydrogens is 824 g/mol. The van der Waals surface area contributed by atoms with Crippen molar-refractivity contribution < 1.29 is 69.4 Å². The molecule has 6 rings (SSSR count). The van der Waals surface area contributed by atoms with Gasteiger partial charge in [0.2, 0.25) is 11.8 Å². The molecule has 3 aliphatic heterocycles. The summed E-state index contributed by atoms with van der Waals surface area (Å²) in [6.07, 6.45) is -9.80. The second kappa shape index (κ2) is 16.4.